The molecule has 0 radical (unpaired) electrons. The Bertz CT molecular complexity index is 319. The molecule has 2 N–H and O–H groups in total. The molecule has 1 atom stereocenters. The minimum absolute atomic E-state index is 0.0787. The van der Waals surface area contributed by atoms with E-state index in [4.69, 9.17) is 5.73 Å². The molecular formula is C13H23N3O. The highest BCUT2D eigenvalue weighted by Gasteiger charge is 2.39. The lowest BCUT2D eigenvalue weighted by atomic mass is 9.78. The molecule has 4 heteroatoms. The minimum atomic E-state index is -0.132. The Labute approximate surface area is 103 Å². The van der Waals surface area contributed by atoms with Crippen LogP contribution in [0.25, 0.3) is 0 Å². The molecule has 0 aromatic carbocycles. The van der Waals surface area contributed by atoms with Crippen LogP contribution in [-0.4, -0.2) is 29.4 Å². The van der Waals surface area contributed by atoms with E-state index in [9.17, 15) is 4.79 Å². The predicted molar refractivity (Wildman–Crippen MR) is 68.9 cm³/mol. The summed E-state index contributed by atoms with van der Waals surface area (Å²) in [7, 11) is 0. The van der Waals surface area contributed by atoms with Gasteiger partial charge in [-0.2, -0.15) is 4.99 Å². The van der Waals surface area contributed by atoms with E-state index in [1.165, 1.54) is 25.7 Å². The molecule has 0 saturated heterocycles. The van der Waals surface area contributed by atoms with Crippen LogP contribution in [0.5, 0.6) is 0 Å². The van der Waals surface area contributed by atoms with Crippen LogP contribution in [0, 0.1) is 11.8 Å². The molecule has 2 aliphatic rings. The molecule has 1 heterocycles. The zero-order valence-electron chi connectivity index (χ0n) is 10.9. The molecule has 0 bridgehead atoms. The van der Waals surface area contributed by atoms with Gasteiger partial charge in [0.05, 0.1) is 6.04 Å². The molecule has 1 aliphatic carbocycles. The summed E-state index contributed by atoms with van der Waals surface area (Å²) in [4.78, 5) is 17.6. The van der Waals surface area contributed by atoms with E-state index in [0.29, 0.717) is 11.8 Å². The number of amidine groups is 1. The van der Waals surface area contributed by atoms with Crippen LogP contribution in [0.15, 0.2) is 4.99 Å². The lowest BCUT2D eigenvalue weighted by molar-refractivity contribution is 0.166. The summed E-state index contributed by atoms with van der Waals surface area (Å²) in [6.07, 6.45) is 5.82. The maximum atomic E-state index is 11.8. The third-order valence-corrected chi connectivity index (χ3v) is 4.08. The molecule has 1 saturated carbocycles. The van der Waals surface area contributed by atoms with Gasteiger partial charge in [-0.25, -0.2) is 4.79 Å². The molecule has 1 unspecified atom stereocenters. The Morgan fingerprint density at radius 3 is 2.59 bits per heavy atom. The molecule has 4 nitrogen and oxygen atoms in total. The van der Waals surface area contributed by atoms with Crippen molar-refractivity contribution >= 4 is 11.9 Å². The van der Waals surface area contributed by atoms with E-state index < -0.39 is 0 Å². The first-order valence-corrected chi connectivity index (χ1v) is 6.78. The first-order chi connectivity index (χ1) is 8.13. The van der Waals surface area contributed by atoms with Gasteiger partial charge in [0.2, 0.25) is 0 Å². The van der Waals surface area contributed by atoms with Gasteiger partial charge in [0.15, 0.2) is 0 Å². The van der Waals surface area contributed by atoms with Crippen LogP contribution in [-0.2, 0) is 0 Å². The summed E-state index contributed by atoms with van der Waals surface area (Å²) in [6.45, 7) is 5.17. The molecule has 2 amide bonds. The standard InChI is InChI=1S/C13H23N3O/c1-3-8-16-11(12(14)15-13(16)17)10-6-4-9(2)5-7-10/h9-11H,3-8H2,1-2H3,(H2,14,15,17). The summed E-state index contributed by atoms with van der Waals surface area (Å²) >= 11 is 0. The average molecular weight is 237 g/mol. The molecule has 17 heavy (non-hydrogen) atoms. The van der Waals surface area contributed by atoms with Crippen LogP contribution >= 0.6 is 0 Å². The third kappa shape index (κ3) is 2.45. The number of hydrogen-bond donors (Lipinski definition) is 1. The van der Waals surface area contributed by atoms with Gasteiger partial charge >= 0.3 is 6.03 Å². The maximum absolute atomic E-state index is 11.8. The Morgan fingerprint density at radius 1 is 1.35 bits per heavy atom. The van der Waals surface area contributed by atoms with E-state index in [0.717, 1.165) is 18.9 Å². The zero-order valence-corrected chi connectivity index (χ0v) is 10.9. The largest absolute Gasteiger partial charge is 0.385 e. The Kier molecular flexibility index (Phi) is 3.69. The minimum Gasteiger partial charge on any atom is -0.385 e. The molecule has 0 aromatic rings. The van der Waals surface area contributed by atoms with Crippen LogP contribution in [0.2, 0.25) is 0 Å². The number of carbonyl (C=O) groups is 1. The lowest BCUT2D eigenvalue weighted by Gasteiger charge is -2.35. The second-order valence-corrected chi connectivity index (χ2v) is 5.48. The second kappa shape index (κ2) is 5.07. The summed E-state index contributed by atoms with van der Waals surface area (Å²) in [5, 5.41) is 0. The normalized spacial score (nSPS) is 34.0. The van der Waals surface area contributed by atoms with Crippen molar-refractivity contribution in [3.8, 4) is 0 Å². The Morgan fingerprint density at radius 2 is 2.00 bits per heavy atom. The number of urea groups is 1. The van der Waals surface area contributed by atoms with Crippen molar-refractivity contribution in [3.05, 3.63) is 0 Å². The fourth-order valence-electron chi connectivity index (χ4n) is 3.09. The van der Waals surface area contributed by atoms with Crippen LogP contribution in [0.1, 0.15) is 46.0 Å². The highest BCUT2D eigenvalue weighted by molar-refractivity contribution is 6.02. The van der Waals surface area contributed by atoms with Gasteiger partial charge in [-0.15, -0.1) is 0 Å². The zero-order chi connectivity index (χ0) is 12.4. The Balaban J connectivity index is 2.07. The predicted octanol–water partition coefficient (Wildman–Crippen LogP) is 2.38. The molecule has 0 spiro atoms. The number of nitrogens with two attached hydrogens (primary N) is 1. The van der Waals surface area contributed by atoms with E-state index in [-0.39, 0.29) is 12.1 Å². The average Bonchev–Trinajstić information content (AvgIpc) is 2.56. The lowest BCUT2D eigenvalue weighted by Crippen LogP contribution is -2.46. The monoisotopic (exact) mass is 237 g/mol. The summed E-state index contributed by atoms with van der Waals surface area (Å²) in [6, 6.07) is -0.0529. The van der Waals surface area contributed by atoms with Crippen molar-refractivity contribution in [2.75, 3.05) is 6.54 Å². The first-order valence-electron chi connectivity index (χ1n) is 6.78. The van der Waals surface area contributed by atoms with Crippen molar-refractivity contribution in [1.82, 2.24) is 4.90 Å². The van der Waals surface area contributed by atoms with Crippen molar-refractivity contribution in [2.24, 2.45) is 22.6 Å². The van der Waals surface area contributed by atoms with Crippen LogP contribution in [0.3, 0.4) is 0 Å². The number of nitrogens with zero attached hydrogens (tertiary/aromatic N) is 2. The third-order valence-electron chi connectivity index (χ3n) is 4.08. The van der Waals surface area contributed by atoms with Gasteiger partial charge in [0.1, 0.15) is 5.84 Å². The van der Waals surface area contributed by atoms with Crippen molar-refractivity contribution < 1.29 is 4.79 Å². The quantitative estimate of drug-likeness (QED) is 0.819. The molecule has 1 aliphatic heterocycles. The van der Waals surface area contributed by atoms with Gasteiger partial charge < -0.3 is 10.6 Å². The number of rotatable bonds is 3. The molecule has 0 aromatic heterocycles. The highest BCUT2D eigenvalue weighted by atomic mass is 16.2. The number of hydrogen-bond acceptors (Lipinski definition) is 2. The van der Waals surface area contributed by atoms with Crippen molar-refractivity contribution in [1.29, 1.82) is 0 Å². The van der Waals surface area contributed by atoms with E-state index in [1.54, 1.807) is 0 Å². The van der Waals surface area contributed by atoms with Crippen molar-refractivity contribution in [3.63, 3.8) is 0 Å². The van der Waals surface area contributed by atoms with Gasteiger partial charge in [-0.3, -0.25) is 0 Å². The molecule has 1 fully saturated rings. The van der Waals surface area contributed by atoms with E-state index in [1.807, 2.05) is 4.90 Å². The molecule has 96 valence electrons. The fraction of sp³-hybridized carbons (Fsp3) is 0.846. The molecule has 2 rings (SSSR count). The number of carbonyl (C=O) groups excluding carboxylic acids is 1. The van der Waals surface area contributed by atoms with Gasteiger partial charge in [0, 0.05) is 6.54 Å². The van der Waals surface area contributed by atoms with Gasteiger partial charge in [-0.05, 0) is 31.1 Å². The first kappa shape index (κ1) is 12.4. The summed E-state index contributed by atoms with van der Waals surface area (Å²) in [5.74, 6) is 1.89. The maximum Gasteiger partial charge on any atom is 0.345 e. The smallest absolute Gasteiger partial charge is 0.345 e. The summed E-state index contributed by atoms with van der Waals surface area (Å²) in [5.41, 5.74) is 5.94. The van der Waals surface area contributed by atoms with E-state index >= 15 is 0 Å². The van der Waals surface area contributed by atoms with Crippen LogP contribution < -0.4 is 5.73 Å². The second-order valence-electron chi connectivity index (χ2n) is 5.48. The Hall–Kier alpha value is -1.06. The van der Waals surface area contributed by atoms with Gasteiger partial charge in [-0.1, -0.05) is 26.7 Å². The highest BCUT2D eigenvalue weighted by Crippen LogP contribution is 2.34. The topological polar surface area (TPSA) is 58.7 Å². The van der Waals surface area contributed by atoms with Crippen molar-refractivity contribution in [2.45, 2.75) is 52.0 Å². The molecular weight excluding hydrogens is 214 g/mol. The van der Waals surface area contributed by atoms with E-state index in [2.05, 4.69) is 18.8 Å². The number of aliphatic imine (C=N–C) groups is 1. The van der Waals surface area contributed by atoms with Crippen LogP contribution in [0.4, 0.5) is 4.79 Å². The van der Waals surface area contributed by atoms with Gasteiger partial charge in [0.25, 0.3) is 0 Å². The SMILES string of the molecule is CCCN1C(=O)N=C(N)C1C1CCC(C)CC1. The number of amides is 2. The fourth-order valence-corrected chi connectivity index (χ4v) is 3.09. The summed E-state index contributed by atoms with van der Waals surface area (Å²) < 4.78 is 0.